The van der Waals surface area contributed by atoms with Crippen molar-refractivity contribution in [3.8, 4) is 0 Å². The Morgan fingerprint density at radius 3 is 3.12 bits per heavy atom. The van der Waals surface area contributed by atoms with Gasteiger partial charge in [0.2, 0.25) is 0 Å². The van der Waals surface area contributed by atoms with E-state index in [1.165, 1.54) is 19.3 Å². The van der Waals surface area contributed by atoms with Crippen LogP contribution < -0.4 is 5.32 Å². The molecule has 4 nitrogen and oxygen atoms in total. The summed E-state index contributed by atoms with van der Waals surface area (Å²) >= 11 is 3.66. The SMILES string of the molecule is Cn1cc(C(=O)NCC2CCCC(Br)C2)cn1. The summed E-state index contributed by atoms with van der Waals surface area (Å²) in [5, 5.41) is 6.98. The zero-order valence-corrected chi connectivity index (χ0v) is 11.6. The molecule has 0 saturated heterocycles. The Labute approximate surface area is 110 Å². The second-order valence-corrected chi connectivity index (χ2v) is 6.04. The van der Waals surface area contributed by atoms with E-state index in [0.717, 1.165) is 13.0 Å². The first-order valence-corrected chi connectivity index (χ1v) is 6.97. The highest BCUT2D eigenvalue weighted by atomic mass is 79.9. The Morgan fingerprint density at radius 1 is 1.65 bits per heavy atom. The minimum Gasteiger partial charge on any atom is -0.352 e. The Hall–Kier alpha value is -0.840. The van der Waals surface area contributed by atoms with Crippen LogP contribution in [-0.4, -0.2) is 27.1 Å². The predicted molar refractivity (Wildman–Crippen MR) is 70.2 cm³/mol. The van der Waals surface area contributed by atoms with Crippen LogP contribution in [0.25, 0.3) is 0 Å². The minimum atomic E-state index is -0.0187. The molecule has 5 heteroatoms. The van der Waals surface area contributed by atoms with Gasteiger partial charge < -0.3 is 5.32 Å². The molecular weight excluding hydrogens is 282 g/mol. The lowest BCUT2D eigenvalue weighted by molar-refractivity contribution is 0.0944. The van der Waals surface area contributed by atoms with Gasteiger partial charge in [-0.15, -0.1) is 0 Å². The molecule has 94 valence electrons. The van der Waals surface area contributed by atoms with Gasteiger partial charge in [-0.1, -0.05) is 22.4 Å². The van der Waals surface area contributed by atoms with E-state index in [0.29, 0.717) is 16.3 Å². The summed E-state index contributed by atoms with van der Waals surface area (Å²) in [6, 6.07) is 0. The van der Waals surface area contributed by atoms with E-state index in [1.54, 1.807) is 17.1 Å². The highest BCUT2D eigenvalue weighted by Crippen LogP contribution is 2.28. The minimum absolute atomic E-state index is 0.0187. The van der Waals surface area contributed by atoms with Crippen LogP contribution in [0.4, 0.5) is 0 Å². The first-order chi connectivity index (χ1) is 8.15. The second kappa shape index (κ2) is 5.67. The van der Waals surface area contributed by atoms with E-state index in [1.807, 2.05) is 7.05 Å². The molecule has 1 N–H and O–H groups in total. The van der Waals surface area contributed by atoms with Crippen LogP contribution in [0.3, 0.4) is 0 Å². The number of halogens is 1. The number of carbonyl (C=O) groups excluding carboxylic acids is 1. The maximum Gasteiger partial charge on any atom is 0.254 e. The maximum absolute atomic E-state index is 11.8. The van der Waals surface area contributed by atoms with Crippen molar-refractivity contribution < 1.29 is 4.79 Å². The van der Waals surface area contributed by atoms with E-state index in [9.17, 15) is 4.79 Å². The molecule has 0 spiro atoms. The van der Waals surface area contributed by atoms with Crippen LogP contribution in [0.15, 0.2) is 12.4 Å². The van der Waals surface area contributed by atoms with E-state index >= 15 is 0 Å². The van der Waals surface area contributed by atoms with Crippen LogP contribution in [0.1, 0.15) is 36.0 Å². The van der Waals surface area contributed by atoms with Crippen molar-refractivity contribution in [2.45, 2.75) is 30.5 Å². The van der Waals surface area contributed by atoms with Crippen molar-refractivity contribution in [2.24, 2.45) is 13.0 Å². The van der Waals surface area contributed by atoms with Gasteiger partial charge in [-0.05, 0) is 25.2 Å². The lowest BCUT2D eigenvalue weighted by atomic mass is 9.89. The van der Waals surface area contributed by atoms with Gasteiger partial charge in [0.05, 0.1) is 11.8 Å². The lowest BCUT2D eigenvalue weighted by Crippen LogP contribution is -2.31. The highest BCUT2D eigenvalue weighted by molar-refractivity contribution is 9.09. The number of aromatic nitrogens is 2. The fourth-order valence-corrected chi connectivity index (χ4v) is 3.14. The molecule has 1 saturated carbocycles. The second-order valence-electron chi connectivity index (χ2n) is 4.74. The molecule has 1 aromatic rings. The van der Waals surface area contributed by atoms with Crippen LogP contribution in [-0.2, 0) is 7.05 Å². The average molecular weight is 300 g/mol. The number of alkyl halides is 1. The molecule has 1 fully saturated rings. The molecule has 1 aliphatic carbocycles. The van der Waals surface area contributed by atoms with Gasteiger partial charge >= 0.3 is 0 Å². The van der Waals surface area contributed by atoms with Gasteiger partial charge in [0, 0.05) is 24.6 Å². The van der Waals surface area contributed by atoms with Crippen molar-refractivity contribution >= 4 is 21.8 Å². The van der Waals surface area contributed by atoms with Crippen molar-refractivity contribution in [2.75, 3.05) is 6.54 Å². The maximum atomic E-state index is 11.8. The zero-order valence-electron chi connectivity index (χ0n) is 10.0. The number of nitrogens with zero attached hydrogens (tertiary/aromatic N) is 2. The summed E-state index contributed by atoms with van der Waals surface area (Å²) in [7, 11) is 1.81. The Morgan fingerprint density at radius 2 is 2.47 bits per heavy atom. The Balaban J connectivity index is 1.80. The largest absolute Gasteiger partial charge is 0.352 e. The molecule has 1 aromatic heterocycles. The summed E-state index contributed by atoms with van der Waals surface area (Å²) in [5.74, 6) is 0.587. The third kappa shape index (κ3) is 3.56. The summed E-state index contributed by atoms with van der Waals surface area (Å²) in [6.45, 7) is 0.774. The number of aryl methyl sites for hydroxylation is 1. The van der Waals surface area contributed by atoms with Gasteiger partial charge in [-0.2, -0.15) is 5.10 Å². The summed E-state index contributed by atoms with van der Waals surface area (Å²) < 4.78 is 1.64. The summed E-state index contributed by atoms with van der Waals surface area (Å²) in [4.78, 5) is 12.4. The van der Waals surface area contributed by atoms with Crippen molar-refractivity contribution in [1.29, 1.82) is 0 Å². The molecule has 1 amide bonds. The van der Waals surface area contributed by atoms with Gasteiger partial charge in [-0.3, -0.25) is 9.48 Å². The van der Waals surface area contributed by atoms with E-state index in [2.05, 4.69) is 26.3 Å². The van der Waals surface area contributed by atoms with Gasteiger partial charge in [0.25, 0.3) is 5.91 Å². The molecule has 0 bridgehead atoms. The Bertz CT molecular complexity index is 391. The van der Waals surface area contributed by atoms with Crippen LogP contribution in [0, 0.1) is 5.92 Å². The van der Waals surface area contributed by atoms with Crippen molar-refractivity contribution in [1.82, 2.24) is 15.1 Å². The molecular formula is C12H18BrN3O. The quantitative estimate of drug-likeness (QED) is 0.869. The van der Waals surface area contributed by atoms with Gasteiger partial charge in [0.15, 0.2) is 0 Å². The van der Waals surface area contributed by atoms with Crippen LogP contribution in [0.5, 0.6) is 0 Å². The fourth-order valence-electron chi connectivity index (χ4n) is 2.29. The van der Waals surface area contributed by atoms with Gasteiger partial charge in [-0.25, -0.2) is 0 Å². The number of hydrogen-bond donors (Lipinski definition) is 1. The number of rotatable bonds is 3. The number of hydrogen-bond acceptors (Lipinski definition) is 2. The molecule has 0 aliphatic heterocycles. The third-order valence-electron chi connectivity index (χ3n) is 3.24. The first-order valence-electron chi connectivity index (χ1n) is 6.06. The first kappa shape index (κ1) is 12.6. The number of amides is 1. The molecule has 0 aromatic carbocycles. The fraction of sp³-hybridized carbons (Fsp3) is 0.667. The molecule has 17 heavy (non-hydrogen) atoms. The van der Waals surface area contributed by atoms with Crippen LogP contribution in [0.2, 0.25) is 0 Å². The normalized spacial score (nSPS) is 24.6. The standard InChI is InChI=1S/C12H18BrN3O/c1-16-8-10(7-15-16)12(17)14-6-9-3-2-4-11(13)5-9/h7-9,11H,2-6H2,1H3,(H,14,17). The van der Waals surface area contributed by atoms with E-state index in [-0.39, 0.29) is 5.91 Å². The van der Waals surface area contributed by atoms with Crippen molar-refractivity contribution in [3.05, 3.63) is 18.0 Å². The average Bonchev–Trinajstić information content (AvgIpc) is 2.73. The van der Waals surface area contributed by atoms with Gasteiger partial charge in [0.1, 0.15) is 0 Å². The predicted octanol–water partition coefficient (Wildman–Crippen LogP) is 2.10. The topological polar surface area (TPSA) is 46.9 Å². The molecule has 2 atom stereocenters. The molecule has 1 aliphatic rings. The lowest BCUT2D eigenvalue weighted by Gasteiger charge is -2.25. The molecule has 2 unspecified atom stereocenters. The smallest absolute Gasteiger partial charge is 0.254 e. The highest BCUT2D eigenvalue weighted by Gasteiger charge is 2.20. The Kier molecular flexibility index (Phi) is 4.20. The third-order valence-corrected chi connectivity index (χ3v) is 4.07. The summed E-state index contributed by atoms with van der Waals surface area (Å²) in [6.07, 6.45) is 8.23. The van der Waals surface area contributed by atoms with Crippen molar-refractivity contribution in [3.63, 3.8) is 0 Å². The molecule has 2 rings (SSSR count). The number of nitrogens with one attached hydrogen (secondary N) is 1. The van der Waals surface area contributed by atoms with E-state index in [4.69, 9.17) is 0 Å². The van der Waals surface area contributed by atoms with Crippen LogP contribution >= 0.6 is 15.9 Å². The zero-order chi connectivity index (χ0) is 12.3. The molecule has 1 heterocycles. The molecule has 0 radical (unpaired) electrons. The van der Waals surface area contributed by atoms with E-state index < -0.39 is 0 Å². The monoisotopic (exact) mass is 299 g/mol. The number of carbonyl (C=O) groups is 1. The summed E-state index contributed by atoms with van der Waals surface area (Å²) in [5.41, 5.74) is 0.638.